The molecule has 1 amide bonds. The third-order valence-electron chi connectivity index (χ3n) is 4.67. The Bertz CT molecular complexity index is 793. The molecule has 0 bridgehead atoms. The molecule has 0 fully saturated rings. The van der Waals surface area contributed by atoms with E-state index in [1.54, 1.807) is 21.1 Å². The first-order valence-electron chi connectivity index (χ1n) is 9.45. The maximum Gasteiger partial charge on any atom is 0.261 e. The molecule has 2 aromatic rings. The molecule has 5 nitrogen and oxygen atoms in total. The zero-order valence-electron chi connectivity index (χ0n) is 17.8. The fraction of sp³-hybridized carbons (Fsp3) is 0.435. The van der Waals surface area contributed by atoms with Gasteiger partial charge in [0.1, 0.15) is 5.75 Å². The lowest BCUT2D eigenvalue weighted by atomic mass is 9.87. The van der Waals surface area contributed by atoms with E-state index in [0.717, 1.165) is 5.56 Å². The van der Waals surface area contributed by atoms with Crippen molar-refractivity contribution in [2.75, 3.05) is 14.2 Å². The molecule has 1 N–H and O–H groups in total. The predicted molar refractivity (Wildman–Crippen MR) is 111 cm³/mol. The van der Waals surface area contributed by atoms with Crippen molar-refractivity contribution in [2.45, 2.75) is 52.2 Å². The third kappa shape index (κ3) is 5.41. The minimum absolute atomic E-state index is 0.0797. The highest BCUT2D eigenvalue weighted by molar-refractivity contribution is 5.81. The van der Waals surface area contributed by atoms with Crippen LogP contribution in [0.25, 0.3) is 0 Å². The number of hydrogen-bond acceptors (Lipinski definition) is 4. The lowest BCUT2D eigenvalue weighted by Gasteiger charge is -2.21. The van der Waals surface area contributed by atoms with Crippen molar-refractivity contribution in [3.8, 4) is 17.2 Å². The number of amides is 1. The van der Waals surface area contributed by atoms with E-state index in [9.17, 15) is 4.79 Å². The van der Waals surface area contributed by atoms with Crippen LogP contribution in [-0.2, 0) is 10.2 Å². The highest BCUT2D eigenvalue weighted by atomic mass is 16.5. The molecule has 0 unspecified atom stereocenters. The number of hydrogen-bond donors (Lipinski definition) is 1. The number of carbonyl (C=O) groups excluding carboxylic acids is 1. The first kappa shape index (κ1) is 21.6. The fourth-order valence-electron chi connectivity index (χ4n) is 2.83. The zero-order chi connectivity index (χ0) is 20.9. The molecule has 0 saturated carbocycles. The number of methoxy groups -OCH3 is 2. The van der Waals surface area contributed by atoms with Gasteiger partial charge in [0.2, 0.25) is 0 Å². The van der Waals surface area contributed by atoms with Gasteiger partial charge in [-0.15, -0.1) is 0 Å². The monoisotopic (exact) mass is 385 g/mol. The molecule has 0 aliphatic heterocycles. The van der Waals surface area contributed by atoms with Crippen molar-refractivity contribution in [2.24, 2.45) is 0 Å². The fourth-order valence-corrected chi connectivity index (χ4v) is 2.83. The molecule has 0 spiro atoms. The molecule has 5 heteroatoms. The maximum atomic E-state index is 12.5. The van der Waals surface area contributed by atoms with Gasteiger partial charge >= 0.3 is 0 Å². The largest absolute Gasteiger partial charge is 0.493 e. The minimum Gasteiger partial charge on any atom is -0.493 e. The Kier molecular flexibility index (Phi) is 6.95. The van der Waals surface area contributed by atoms with Crippen molar-refractivity contribution in [1.29, 1.82) is 0 Å². The van der Waals surface area contributed by atoms with Gasteiger partial charge in [-0.1, -0.05) is 39.0 Å². The number of rotatable bonds is 7. The second-order valence-corrected chi connectivity index (χ2v) is 7.88. The number of nitrogens with one attached hydrogen (secondary N) is 1. The van der Waals surface area contributed by atoms with Crippen LogP contribution in [-0.4, -0.2) is 26.2 Å². The van der Waals surface area contributed by atoms with Crippen molar-refractivity contribution < 1.29 is 19.0 Å². The van der Waals surface area contributed by atoms with Gasteiger partial charge in [-0.3, -0.25) is 4.79 Å². The van der Waals surface area contributed by atoms with E-state index in [1.165, 1.54) is 5.56 Å². The van der Waals surface area contributed by atoms with Crippen molar-refractivity contribution in [1.82, 2.24) is 5.32 Å². The summed E-state index contributed by atoms with van der Waals surface area (Å²) in [5.74, 6) is 1.78. The van der Waals surface area contributed by atoms with E-state index in [0.29, 0.717) is 17.2 Å². The summed E-state index contributed by atoms with van der Waals surface area (Å²) in [6.07, 6.45) is -0.608. The van der Waals surface area contributed by atoms with E-state index in [4.69, 9.17) is 14.2 Å². The van der Waals surface area contributed by atoms with Crippen molar-refractivity contribution >= 4 is 5.91 Å². The Morgan fingerprint density at radius 1 is 0.929 bits per heavy atom. The van der Waals surface area contributed by atoms with Gasteiger partial charge in [0.05, 0.1) is 20.3 Å². The summed E-state index contributed by atoms with van der Waals surface area (Å²) in [7, 11) is 3.18. The molecule has 0 aliphatic carbocycles. The first-order valence-corrected chi connectivity index (χ1v) is 9.45. The number of benzene rings is 2. The second kappa shape index (κ2) is 9.00. The topological polar surface area (TPSA) is 56.8 Å². The van der Waals surface area contributed by atoms with Crippen LogP contribution in [0.1, 0.15) is 51.8 Å². The molecule has 0 heterocycles. The molecule has 0 radical (unpaired) electrons. The molecule has 2 rings (SSSR count). The first-order chi connectivity index (χ1) is 13.2. The van der Waals surface area contributed by atoms with Crippen molar-refractivity contribution in [3.05, 3.63) is 53.6 Å². The maximum absolute atomic E-state index is 12.5. The number of carbonyl (C=O) groups is 1. The highest BCUT2D eigenvalue weighted by Gasteiger charge is 2.19. The highest BCUT2D eigenvalue weighted by Crippen LogP contribution is 2.30. The Balaban J connectivity index is 2.00. The molecule has 0 saturated heterocycles. The standard InChI is InChI=1S/C23H31NO4/c1-15(17-8-13-20(26-6)21(14-17)27-7)24-22(25)16(2)28-19-11-9-18(10-12-19)23(3,4)5/h8-16H,1-7H3,(H,24,25)/t15-,16+/m1/s1. The van der Waals surface area contributed by atoms with Gasteiger partial charge in [0.25, 0.3) is 5.91 Å². The van der Waals surface area contributed by atoms with Crippen LogP contribution in [0.15, 0.2) is 42.5 Å². The Labute approximate surface area is 168 Å². The minimum atomic E-state index is -0.608. The van der Waals surface area contributed by atoms with Crippen LogP contribution < -0.4 is 19.5 Å². The van der Waals surface area contributed by atoms with Crippen LogP contribution in [0.3, 0.4) is 0 Å². The summed E-state index contributed by atoms with van der Waals surface area (Å²) in [5, 5.41) is 2.98. The Morgan fingerprint density at radius 3 is 2.07 bits per heavy atom. The quantitative estimate of drug-likeness (QED) is 0.754. The van der Waals surface area contributed by atoms with E-state index in [1.807, 2.05) is 49.4 Å². The molecule has 0 aliphatic rings. The van der Waals surface area contributed by atoms with E-state index in [-0.39, 0.29) is 17.4 Å². The summed E-state index contributed by atoms with van der Waals surface area (Å²) in [4.78, 5) is 12.5. The van der Waals surface area contributed by atoms with E-state index >= 15 is 0 Å². The molecule has 2 atom stereocenters. The zero-order valence-corrected chi connectivity index (χ0v) is 17.8. The van der Waals surface area contributed by atoms with Gasteiger partial charge in [0, 0.05) is 0 Å². The predicted octanol–water partition coefficient (Wildman–Crippen LogP) is 4.65. The number of ether oxygens (including phenoxy) is 3. The van der Waals surface area contributed by atoms with Gasteiger partial charge in [-0.25, -0.2) is 0 Å². The van der Waals surface area contributed by atoms with Crippen LogP contribution in [0.5, 0.6) is 17.2 Å². The van der Waals surface area contributed by atoms with Crippen LogP contribution >= 0.6 is 0 Å². The SMILES string of the molecule is COc1ccc([C@@H](C)NC(=O)[C@H](C)Oc2ccc(C(C)(C)C)cc2)cc1OC. The van der Waals surface area contributed by atoms with Crippen molar-refractivity contribution in [3.63, 3.8) is 0 Å². The van der Waals surface area contributed by atoms with Crippen LogP contribution in [0, 0.1) is 0 Å². The Morgan fingerprint density at radius 2 is 1.54 bits per heavy atom. The van der Waals surface area contributed by atoms with Crippen LogP contribution in [0.4, 0.5) is 0 Å². The smallest absolute Gasteiger partial charge is 0.261 e. The summed E-state index contributed by atoms with van der Waals surface area (Å²) >= 11 is 0. The third-order valence-corrected chi connectivity index (χ3v) is 4.67. The summed E-state index contributed by atoms with van der Waals surface area (Å²) in [6.45, 7) is 10.1. The van der Waals surface area contributed by atoms with Crippen LogP contribution in [0.2, 0.25) is 0 Å². The van der Waals surface area contributed by atoms with Gasteiger partial charge in [-0.05, 0) is 54.7 Å². The normalized spacial score (nSPS) is 13.4. The molecule has 152 valence electrons. The molecular weight excluding hydrogens is 354 g/mol. The second-order valence-electron chi connectivity index (χ2n) is 7.88. The van der Waals surface area contributed by atoms with E-state index in [2.05, 4.69) is 26.1 Å². The van der Waals surface area contributed by atoms with Gasteiger partial charge < -0.3 is 19.5 Å². The van der Waals surface area contributed by atoms with E-state index < -0.39 is 6.10 Å². The summed E-state index contributed by atoms with van der Waals surface area (Å²) < 4.78 is 16.4. The average molecular weight is 386 g/mol. The molecular formula is C23H31NO4. The molecule has 28 heavy (non-hydrogen) atoms. The molecule has 0 aromatic heterocycles. The summed E-state index contributed by atoms with van der Waals surface area (Å²) in [5.41, 5.74) is 2.22. The molecule has 2 aromatic carbocycles. The Hall–Kier alpha value is -2.69. The average Bonchev–Trinajstić information content (AvgIpc) is 2.66. The lowest BCUT2D eigenvalue weighted by molar-refractivity contribution is -0.127. The van der Waals surface area contributed by atoms with Gasteiger partial charge in [-0.2, -0.15) is 0 Å². The summed E-state index contributed by atoms with van der Waals surface area (Å²) in [6, 6.07) is 13.3. The lowest BCUT2D eigenvalue weighted by Crippen LogP contribution is -2.37. The van der Waals surface area contributed by atoms with Gasteiger partial charge in [0.15, 0.2) is 17.6 Å².